The van der Waals surface area contributed by atoms with Crippen molar-refractivity contribution in [1.82, 2.24) is 9.55 Å². The maximum atomic E-state index is 6.78. The quantitative estimate of drug-likeness (QED) is 0.161. The van der Waals surface area contributed by atoms with E-state index in [1.54, 1.807) is 0 Å². The van der Waals surface area contributed by atoms with Gasteiger partial charge in [0.25, 0.3) is 0 Å². The minimum absolute atomic E-state index is 0.00495. The maximum Gasteiger partial charge on any atom is 0.137 e. The molecule has 0 spiro atoms. The summed E-state index contributed by atoms with van der Waals surface area (Å²) in [4.78, 5) is 9.81. The van der Waals surface area contributed by atoms with Crippen molar-refractivity contribution in [1.29, 1.82) is 0 Å². The average molecular weight is 781 g/mol. The lowest BCUT2D eigenvalue weighted by Gasteiger charge is -2.30. The number of aromatic nitrogens is 2. The first-order chi connectivity index (χ1) is 29.2. The molecule has 10 rings (SSSR count). The first-order valence-corrected chi connectivity index (χ1v) is 20.8. The van der Waals surface area contributed by atoms with Crippen LogP contribution in [0, 0.1) is 20.8 Å². The van der Waals surface area contributed by atoms with Gasteiger partial charge in [-0.1, -0.05) is 118 Å². The van der Waals surface area contributed by atoms with Gasteiger partial charge in [-0.15, -0.1) is 0 Å². The summed E-state index contributed by atoms with van der Waals surface area (Å²) in [5.74, 6) is 2.44. The van der Waals surface area contributed by atoms with E-state index < -0.39 is 0 Å². The van der Waals surface area contributed by atoms with Gasteiger partial charge in [-0.3, -0.25) is 4.57 Å². The first-order valence-electron chi connectivity index (χ1n) is 20.8. The van der Waals surface area contributed by atoms with Crippen molar-refractivity contribution in [2.75, 3.05) is 16.5 Å². The number of pyridine rings is 1. The van der Waals surface area contributed by atoms with Gasteiger partial charge in [0.05, 0.1) is 28.1 Å². The molecule has 9 aromatic rings. The molecular formula is C55H48N4O. The molecule has 5 nitrogen and oxygen atoms in total. The molecule has 0 saturated carbocycles. The van der Waals surface area contributed by atoms with Gasteiger partial charge in [0.2, 0.25) is 0 Å². The highest BCUT2D eigenvalue weighted by molar-refractivity contribution is 6.09. The van der Waals surface area contributed by atoms with Crippen molar-refractivity contribution in [3.63, 3.8) is 0 Å². The highest BCUT2D eigenvalue weighted by Gasteiger charge is 2.33. The smallest absolute Gasteiger partial charge is 0.137 e. The SMILES string of the molecule is Cc1c(C)c(-c2ccccc2)c(N2CN(c3cccc(Oc4ccc5c6ccccc6n(-c6cc(C(C)(C)C)ccn6)c5c4)c3)c3ccccc32)c(-c2ccccc2)c1C. The molecule has 0 bridgehead atoms. The fourth-order valence-electron chi connectivity index (χ4n) is 9.07. The molecule has 0 N–H and O–H groups in total. The molecule has 7 aromatic carbocycles. The summed E-state index contributed by atoms with van der Waals surface area (Å²) in [6.07, 6.45) is 1.92. The number of fused-ring (bicyclic) bond motifs is 4. The second-order valence-electron chi connectivity index (χ2n) is 17.0. The van der Waals surface area contributed by atoms with Crippen LogP contribution in [-0.4, -0.2) is 16.2 Å². The minimum Gasteiger partial charge on any atom is -0.457 e. The molecule has 60 heavy (non-hydrogen) atoms. The van der Waals surface area contributed by atoms with Crippen molar-refractivity contribution in [3.8, 4) is 39.6 Å². The van der Waals surface area contributed by atoms with Crippen LogP contribution in [0.25, 0.3) is 49.9 Å². The number of hydrogen-bond donors (Lipinski definition) is 0. The molecule has 5 heteroatoms. The Morgan fingerprint density at radius 2 is 1.12 bits per heavy atom. The van der Waals surface area contributed by atoms with Crippen LogP contribution in [0.1, 0.15) is 43.0 Å². The Balaban J connectivity index is 1.06. The molecule has 0 aliphatic carbocycles. The lowest BCUT2D eigenvalue weighted by atomic mass is 9.85. The van der Waals surface area contributed by atoms with Crippen LogP contribution >= 0.6 is 0 Å². The van der Waals surface area contributed by atoms with Crippen molar-refractivity contribution >= 4 is 44.6 Å². The van der Waals surface area contributed by atoms with Gasteiger partial charge >= 0.3 is 0 Å². The Labute approximate surface area is 352 Å². The van der Waals surface area contributed by atoms with Gasteiger partial charge in [0, 0.05) is 45.9 Å². The summed E-state index contributed by atoms with van der Waals surface area (Å²) < 4.78 is 9.04. The van der Waals surface area contributed by atoms with Gasteiger partial charge in [-0.25, -0.2) is 4.98 Å². The molecule has 1 aliphatic rings. The summed E-state index contributed by atoms with van der Waals surface area (Å²) >= 11 is 0. The Morgan fingerprint density at radius 1 is 0.517 bits per heavy atom. The van der Waals surface area contributed by atoms with Crippen molar-refractivity contribution in [3.05, 3.63) is 192 Å². The number of ether oxygens (including phenoxy) is 1. The average Bonchev–Trinajstić information content (AvgIpc) is 3.82. The van der Waals surface area contributed by atoms with E-state index in [1.807, 2.05) is 12.3 Å². The summed E-state index contributed by atoms with van der Waals surface area (Å²) in [6, 6.07) is 58.3. The van der Waals surface area contributed by atoms with Crippen LogP contribution in [0.2, 0.25) is 0 Å². The third-order valence-corrected chi connectivity index (χ3v) is 12.3. The van der Waals surface area contributed by atoms with Crippen LogP contribution in [0.5, 0.6) is 11.5 Å². The second kappa shape index (κ2) is 14.6. The van der Waals surface area contributed by atoms with E-state index in [0.29, 0.717) is 6.67 Å². The molecule has 1 aliphatic heterocycles. The summed E-state index contributed by atoms with van der Waals surface area (Å²) in [5, 5.41) is 2.35. The summed E-state index contributed by atoms with van der Waals surface area (Å²) in [5.41, 5.74) is 16.9. The Bertz CT molecular complexity index is 3000. The number of nitrogens with zero attached hydrogens (tertiary/aromatic N) is 4. The number of benzene rings is 7. The maximum absolute atomic E-state index is 6.78. The van der Waals surface area contributed by atoms with Crippen molar-refractivity contribution < 1.29 is 4.74 Å². The Hall–Kier alpha value is -7.11. The molecule has 3 heterocycles. The topological polar surface area (TPSA) is 33.5 Å². The van der Waals surface area contributed by atoms with E-state index >= 15 is 0 Å². The molecule has 0 saturated heterocycles. The number of rotatable bonds is 7. The minimum atomic E-state index is -0.00495. The molecule has 0 fully saturated rings. The summed E-state index contributed by atoms with van der Waals surface area (Å²) in [7, 11) is 0. The molecule has 294 valence electrons. The molecule has 0 unspecified atom stereocenters. The number of para-hydroxylation sites is 3. The van der Waals surface area contributed by atoms with Crippen molar-refractivity contribution in [2.24, 2.45) is 0 Å². The van der Waals surface area contributed by atoms with Gasteiger partial charge in [0.15, 0.2) is 0 Å². The third-order valence-electron chi connectivity index (χ3n) is 12.3. The van der Waals surface area contributed by atoms with E-state index in [0.717, 1.165) is 45.1 Å². The number of hydrogen-bond acceptors (Lipinski definition) is 4. The van der Waals surface area contributed by atoms with E-state index in [1.165, 1.54) is 61.3 Å². The predicted octanol–water partition coefficient (Wildman–Crippen LogP) is 14.8. The molecule has 0 amide bonds. The van der Waals surface area contributed by atoms with Crippen LogP contribution in [0.15, 0.2) is 170 Å². The van der Waals surface area contributed by atoms with Crippen LogP contribution in [0.4, 0.5) is 22.7 Å². The Kier molecular flexibility index (Phi) is 9.06. The summed E-state index contributed by atoms with van der Waals surface area (Å²) in [6.45, 7) is 14.2. The second-order valence-corrected chi connectivity index (χ2v) is 17.0. The standard InChI is InChI=1S/C55H48N4O/c1-36-37(2)52(39-18-9-7-10-19-39)54(53(38(36)3)40-20-11-8-12-21-40)58-35-57(48-26-15-16-27-49(48)58)42-22-17-23-43(33-42)60-44-28-29-46-45-24-13-14-25-47(45)59(50(46)34-44)51-32-41(30-31-56-51)55(4,5)6/h7-34H,35H2,1-6H3. The van der Waals surface area contributed by atoms with Gasteiger partial charge in [-0.05, 0) is 114 Å². The largest absolute Gasteiger partial charge is 0.457 e. The lowest BCUT2D eigenvalue weighted by Crippen LogP contribution is -2.25. The highest BCUT2D eigenvalue weighted by atomic mass is 16.5. The fraction of sp³-hybridized carbons (Fsp3) is 0.145. The fourth-order valence-corrected chi connectivity index (χ4v) is 9.07. The monoisotopic (exact) mass is 780 g/mol. The van der Waals surface area contributed by atoms with Crippen LogP contribution in [0.3, 0.4) is 0 Å². The molecule has 0 radical (unpaired) electrons. The van der Waals surface area contributed by atoms with Crippen LogP contribution < -0.4 is 14.5 Å². The first kappa shape index (κ1) is 37.2. The highest BCUT2D eigenvalue weighted by Crippen LogP contribution is 2.53. The molecular weight excluding hydrogens is 733 g/mol. The number of anilines is 4. The van der Waals surface area contributed by atoms with Crippen LogP contribution in [-0.2, 0) is 5.41 Å². The normalized spacial score (nSPS) is 12.7. The zero-order valence-corrected chi connectivity index (χ0v) is 35.1. The van der Waals surface area contributed by atoms with E-state index in [9.17, 15) is 0 Å². The van der Waals surface area contributed by atoms with Gasteiger partial charge in [0.1, 0.15) is 24.0 Å². The van der Waals surface area contributed by atoms with E-state index in [2.05, 4.69) is 214 Å². The van der Waals surface area contributed by atoms with E-state index in [4.69, 9.17) is 9.72 Å². The van der Waals surface area contributed by atoms with Gasteiger partial charge in [-0.2, -0.15) is 0 Å². The zero-order valence-electron chi connectivity index (χ0n) is 35.1. The zero-order chi connectivity index (χ0) is 41.1. The van der Waals surface area contributed by atoms with Crippen molar-refractivity contribution in [2.45, 2.75) is 47.0 Å². The lowest BCUT2D eigenvalue weighted by molar-refractivity contribution is 0.483. The molecule has 2 aromatic heterocycles. The van der Waals surface area contributed by atoms with E-state index in [-0.39, 0.29) is 5.41 Å². The Morgan fingerprint density at radius 3 is 1.80 bits per heavy atom. The molecule has 0 atom stereocenters. The predicted molar refractivity (Wildman–Crippen MR) is 251 cm³/mol. The van der Waals surface area contributed by atoms with Gasteiger partial charge < -0.3 is 14.5 Å². The third kappa shape index (κ3) is 6.29.